The summed E-state index contributed by atoms with van der Waals surface area (Å²) in [6.07, 6.45) is 2.16. The van der Waals surface area contributed by atoms with E-state index < -0.39 is 0 Å². The lowest BCUT2D eigenvalue weighted by Crippen LogP contribution is -2.41. The van der Waals surface area contributed by atoms with Crippen LogP contribution in [0.15, 0.2) is 24.3 Å². The van der Waals surface area contributed by atoms with Crippen LogP contribution in [0.5, 0.6) is 0 Å². The summed E-state index contributed by atoms with van der Waals surface area (Å²) in [5.41, 5.74) is 2.57. The SMILES string of the molecule is Cc1ccccc1[C@@H]1CCCN1C(=O)NCC(C)C. The van der Waals surface area contributed by atoms with Crippen LogP contribution in [-0.4, -0.2) is 24.0 Å². The van der Waals surface area contributed by atoms with E-state index in [9.17, 15) is 4.79 Å². The van der Waals surface area contributed by atoms with Gasteiger partial charge in [0.25, 0.3) is 0 Å². The molecule has 1 saturated heterocycles. The summed E-state index contributed by atoms with van der Waals surface area (Å²) in [7, 11) is 0. The van der Waals surface area contributed by atoms with E-state index in [1.807, 2.05) is 4.90 Å². The fourth-order valence-corrected chi connectivity index (χ4v) is 2.69. The van der Waals surface area contributed by atoms with Crippen LogP contribution in [-0.2, 0) is 0 Å². The number of hydrogen-bond donors (Lipinski definition) is 1. The van der Waals surface area contributed by atoms with Crippen molar-refractivity contribution < 1.29 is 4.79 Å². The number of carbonyl (C=O) groups excluding carboxylic acids is 1. The first-order valence-electron chi connectivity index (χ1n) is 7.19. The highest BCUT2D eigenvalue weighted by molar-refractivity contribution is 5.75. The van der Waals surface area contributed by atoms with Gasteiger partial charge in [-0.05, 0) is 36.8 Å². The Balaban J connectivity index is 2.09. The molecule has 2 amide bonds. The van der Waals surface area contributed by atoms with Crippen LogP contribution in [0.25, 0.3) is 0 Å². The first-order chi connectivity index (χ1) is 9.09. The highest BCUT2D eigenvalue weighted by Crippen LogP contribution is 2.33. The summed E-state index contributed by atoms with van der Waals surface area (Å²) in [5, 5.41) is 3.03. The lowest BCUT2D eigenvalue weighted by molar-refractivity contribution is 0.191. The highest BCUT2D eigenvalue weighted by Gasteiger charge is 2.30. The van der Waals surface area contributed by atoms with Gasteiger partial charge in [-0.15, -0.1) is 0 Å². The molecule has 1 aromatic rings. The fourth-order valence-electron chi connectivity index (χ4n) is 2.69. The molecule has 0 saturated carbocycles. The zero-order valence-corrected chi connectivity index (χ0v) is 12.1. The monoisotopic (exact) mass is 260 g/mol. The standard InChI is InChI=1S/C16H24N2O/c1-12(2)11-17-16(19)18-10-6-9-15(18)14-8-5-4-7-13(14)3/h4-5,7-8,12,15H,6,9-11H2,1-3H3,(H,17,19)/t15-/m0/s1. The van der Waals surface area contributed by atoms with E-state index in [4.69, 9.17) is 0 Å². The second kappa shape index (κ2) is 6.09. The lowest BCUT2D eigenvalue weighted by atomic mass is 9.99. The van der Waals surface area contributed by atoms with Crippen molar-refractivity contribution in [1.29, 1.82) is 0 Å². The third kappa shape index (κ3) is 3.28. The number of benzene rings is 1. The third-order valence-corrected chi connectivity index (χ3v) is 3.72. The van der Waals surface area contributed by atoms with Gasteiger partial charge in [0.1, 0.15) is 0 Å². The van der Waals surface area contributed by atoms with Gasteiger partial charge in [0.05, 0.1) is 6.04 Å². The average molecular weight is 260 g/mol. The van der Waals surface area contributed by atoms with E-state index >= 15 is 0 Å². The molecule has 0 bridgehead atoms. The molecule has 104 valence electrons. The lowest BCUT2D eigenvalue weighted by Gasteiger charge is -2.27. The number of amides is 2. The first-order valence-corrected chi connectivity index (χ1v) is 7.19. The molecule has 3 nitrogen and oxygen atoms in total. The molecule has 1 aromatic carbocycles. The van der Waals surface area contributed by atoms with E-state index in [0.717, 1.165) is 25.9 Å². The Morgan fingerprint density at radius 1 is 1.42 bits per heavy atom. The van der Waals surface area contributed by atoms with Crippen molar-refractivity contribution in [3.05, 3.63) is 35.4 Å². The largest absolute Gasteiger partial charge is 0.338 e. The van der Waals surface area contributed by atoms with Crippen molar-refractivity contribution in [3.63, 3.8) is 0 Å². The summed E-state index contributed by atoms with van der Waals surface area (Å²) in [6, 6.07) is 8.71. The van der Waals surface area contributed by atoms with Gasteiger partial charge in [-0.1, -0.05) is 38.1 Å². The summed E-state index contributed by atoms with van der Waals surface area (Å²) < 4.78 is 0. The minimum absolute atomic E-state index is 0.0828. The molecule has 1 heterocycles. The quantitative estimate of drug-likeness (QED) is 0.886. The van der Waals surface area contributed by atoms with Crippen LogP contribution in [0.3, 0.4) is 0 Å². The maximum atomic E-state index is 12.3. The molecule has 1 fully saturated rings. The Hall–Kier alpha value is -1.51. The van der Waals surface area contributed by atoms with Gasteiger partial charge in [0, 0.05) is 13.1 Å². The molecule has 0 radical (unpaired) electrons. The smallest absolute Gasteiger partial charge is 0.317 e. The molecule has 0 aromatic heterocycles. The second-order valence-electron chi connectivity index (χ2n) is 5.79. The number of likely N-dealkylation sites (tertiary alicyclic amines) is 1. The van der Waals surface area contributed by atoms with Gasteiger partial charge in [-0.25, -0.2) is 4.79 Å². The number of hydrogen-bond acceptors (Lipinski definition) is 1. The number of aryl methyl sites for hydroxylation is 1. The fraction of sp³-hybridized carbons (Fsp3) is 0.562. The summed E-state index contributed by atoms with van der Waals surface area (Å²) in [5.74, 6) is 0.489. The first kappa shape index (κ1) is 13.9. The zero-order valence-electron chi connectivity index (χ0n) is 12.1. The number of nitrogens with zero attached hydrogens (tertiary/aromatic N) is 1. The molecule has 0 aliphatic carbocycles. The molecule has 1 aliphatic heterocycles. The van der Waals surface area contributed by atoms with Crippen LogP contribution in [0.1, 0.15) is 43.9 Å². The van der Waals surface area contributed by atoms with Gasteiger partial charge in [0.2, 0.25) is 0 Å². The van der Waals surface area contributed by atoms with Crippen molar-refractivity contribution in [2.24, 2.45) is 5.92 Å². The normalized spacial score (nSPS) is 18.9. The molecule has 1 N–H and O–H groups in total. The van der Waals surface area contributed by atoms with E-state index in [2.05, 4.69) is 50.4 Å². The maximum absolute atomic E-state index is 12.3. The molecule has 2 rings (SSSR count). The van der Waals surface area contributed by atoms with Crippen molar-refractivity contribution in [3.8, 4) is 0 Å². The molecule has 3 heteroatoms. The van der Waals surface area contributed by atoms with Crippen molar-refractivity contribution in [1.82, 2.24) is 10.2 Å². The van der Waals surface area contributed by atoms with Crippen molar-refractivity contribution in [2.45, 2.75) is 39.7 Å². The van der Waals surface area contributed by atoms with Gasteiger partial charge in [0.15, 0.2) is 0 Å². The topological polar surface area (TPSA) is 32.3 Å². The third-order valence-electron chi connectivity index (χ3n) is 3.72. The Labute approximate surface area is 116 Å². The number of rotatable bonds is 3. The minimum Gasteiger partial charge on any atom is -0.338 e. The summed E-state index contributed by atoms with van der Waals surface area (Å²) in [4.78, 5) is 14.3. The molecule has 19 heavy (non-hydrogen) atoms. The predicted octanol–water partition coefficient (Wildman–Crippen LogP) is 3.50. The van der Waals surface area contributed by atoms with Crippen LogP contribution in [0.2, 0.25) is 0 Å². The van der Waals surface area contributed by atoms with Gasteiger partial charge >= 0.3 is 6.03 Å². The van der Waals surface area contributed by atoms with E-state index in [-0.39, 0.29) is 12.1 Å². The van der Waals surface area contributed by atoms with Crippen molar-refractivity contribution >= 4 is 6.03 Å². The highest BCUT2D eigenvalue weighted by atomic mass is 16.2. The van der Waals surface area contributed by atoms with Gasteiger partial charge in [-0.3, -0.25) is 0 Å². The Bertz CT molecular complexity index is 442. The number of urea groups is 1. The average Bonchev–Trinajstić information content (AvgIpc) is 2.85. The van der Waals surface area contributed by atoms with Crippen LogP contribution in [0, 0.1) is 12.8 Å². The molecular formula is C16H24N2O. The summed E-state index contributed by atoms with van der Waals surface area (Å²) >= 11 is 0. The van der Waals surface area contributed by atoms with E-state index in [0.29, 0.717) is 5.92 Å². The molecular weight excluding hydrogens is 236 g/mol. The van der Waals surface area contributed by atoms with E-state index in [1.165, 1.54) is 11.1 Å². The van der Waals surface area contributed by atoms with Crippen LogP contribution >= 0.6 is 0 Å². The molecule has 1 aliphatic rings. The summed E-state index contributed by atoms with van der Waals surface area (Å²) in [6.45, 7) is 7.96. The predicted molar refractivity (Wildman–Crippen MR) is 78.1 cm³/mol. The maximum Gasteiger partial charge on any atom is 0.317 e. The molecule has 1 atom stereocenters. The number of nitrogens with one attached hydrogen (secondary N) is 1. The minimum atomic E-state index is 0.0828. The Morgan fingerprint density at radius 2 is 2.16 bits per heavy atom. The van der Waals surface area contributed by atoms with Crippen LogP contribution in [0.4, 0.5) is 4.79 Å². The van der Waals surface area contributed by atoms with Gasteiger partial charge in [-0.2, -0.15) is 0 Å². The second-order valence-corrected chi connectivity index (χ2v) is 5.79. The number of carbonyl (C=O) groups is 1. The molecule has 0 unspecified atom stereocenters. The van der Waals surface area contributed by atoms with Crippen molar-refractivity contribution in [2.75, 3.05) is 13.1 Å². The van der Waals surface area contributed by atoms with E-state index in [1.54, 1.807) is 0 Å². The van der Waals surface area contributed by atoms with Gasteiger partial charge < -0.3 is 10.2 Å². The van der Waals surface area contributed by atoms with Crippen LogP contribution < -0.4 is 5.32 Å². The molecule has 0 spiro atoms. The zero-order chi connectivity index (χ0) is 13.8. The Kier molecular flexibility index (Phi) is 4.46. The Morgan fingerprint density at radius 3 is 2.84 bits per heavy atom.